The first kappa shape index (κ1) is 12.2. The van der Waals surface area contributed by atoms with Crippen molar-refractivity contribution in [3.8, 4) is 0 Å². The molecule has 1 N–H and O–H groups in total. The molecular formula is C14H22N2O2. The highest BCUT2D eigenvalue weighted by Crippen LogP contribution is 2.42. The molecule has 100 valence electrons. The number of carbonyl (C=O) groups is 2. The van der Waals surface area contributed by atoms with Gasteiger partial charge in [0.05, 0.1) is 5.41 Å². The number of carbonyl (C=O) groups excluding carboxylic acids is 2. The Bertz CT molecular complexity index is 399. The van der Waals surface area contributed by atoms with Crippen molar-refractivity contribution in [1.29, 1.82) is 0 Å². The fourth-order valence-corrected chi connectivity index (χ4v) is 3.68. The van der Waals surface area contributed by atoms with Gasteiger partial charge in [0.25, 0.3) is 0 Å². The van der Waals surface area contributed by atoms with Crippen LogP contribution in [0.3, 0.4) is 0 Å². The van der Waals surface area contributed by atoms with Crippen molar-refractivity contribution >= 4 is 11.8 Å². The third-order valence-electron chi connectivity index (χ3n) is 4.94. The Morgan fingerprint density at radius 2 is 2.00 bits per heavy atom. The lowest BCUT2D eigenvalue weighted by molar-refractivity contribution is -0.145. The number of imide groups is 1. The van der Waals surface area contributed by atoms with E-state index in [0.29, 0.717) is 6.42 Å². The molecule has 0 radical (unpaired) electrons. The van der Waals surface area contributed by atoms with Gasteiger partial charge in [-0.2, -0.15) is 0 Å². The predicted molar refractivity (Wildman–Crippen MR) is 67.9 cm³/mol. The van der Waals surface area contributed by atoms with Crippen molar-refractivity contribution in [2.75, 3.05) is 6.54 Å². The summed E-state index contributed by atoms with van der Waals surface area (Å²) in [5, 5.41) is 3.59. The second-order valence-corrected chi connectivity index (χ2v) is 6.84. The number of hydrogen-bond acceptors (Lipinski definition) is 3. The largest absolute Gasteiger partial charge is 0.311 e. The van der Waals surface area contributed by atoms with Crippen molar-refractivity contribution in [3.05, 3.63) is 0 Å². The normalized spacial score (nSPS) is 33.9. The van der Waals surface area contributed by atoms with E-state index in [9.17, 15) is 9.59 Å². The minimum atomic E-state index is -0.491. The van der Waals surface area contributed by atoms with Crippen LogP contribution < -0.4 is 5.32 Å². The van der Waals surface area contributed by atoms with E-state index in [1.54, 1.807) is 4.90 Å². The van der Waals surface area contributed by atoms with Crippen LogP contribution >= 0.6 is 0 Å². The van der Waals surface area contributed by atoms with E-state index in [0.717, 1.165) is 19.4 Å². The smallest absolute Gasteiger partial charge is 0.235 e. The van der Waals surface area contributed by atoms with Gasteiger partial charge < -0.3 is 5.32 Å². The van der Waals surface area contributed by atoms with Crippen molar-refractivity contribution in [3.63, 3.8) is 0 Å². The van der Waals surface area contributed by atoms with Gasteiger partial charge in [0, 0.05) is 18.0 Å². The molecule has 0 aromatic carbocycles. The minimum Gasteiger partial charge on any atom is -0.311 e. The molecular weight excluding hydrogens is 228 g/mol. The van der Waals surface area contributed by atoms with Crippen LogP contribution in [0.4, 0.5) is 0 Å². The van der Waals surface area contributed by atoms with Crippen LogP contribution in [0.2, 0.25) is 0 Å². The summed E-state index contributed by atoms with van der Waals surface area (Å²) in [6.45, 7) is 4.70. The number of hydrogen-bond donors (Lipinski definition) is 1. The van der Waals surface area contributed by atoms with Gasteiger partial charge in [-0.05, 0) is 38.6 Å². The molecule has 3 rings (SSSR count). The van der Waals surface area contributed by atoms with E-state index in [4.69, 9.17) is 0 Å². The average molecular weight is 250 g/mol. The number of amides is 2. The quantitative estimate of drug-likeness (QED) is 0.717. The number of rotatable bonds is 1. The zero-order valence-corrected chi connectivity index (χ0v) is 11.3. The third-order valence-corrected chi connectivity index (χ3v) is 4.94. The van der Waals surface area contributed by atoms with Crippen LogP contribution in [-0.4, -0.2) is 34.8 Å². The van der Waals surface area contributed by atoms with Crippen molar-refractivity contribution in [2.45, 2.75) is 64.0 Å². The molecule has 3 fully saturated rings. The Balaban J connectivity index is 1.78. The van der Waals surface area contributed by atoms with E-state index >= 15 is 0 Å². The van der Waals surface area contributed by atoms with Gasteiger partial charge in [-0.3, -0.25) is 14.5 Å². The first-order chi connectivity index (χ1) is 8.44. The molecule has 1 saturated carbocycles. The topological polar surface area (TPSA) is 49.4 Å². The molecule has 1 atom stereocenters. The lowest BCUT2D eigenvalue weighted by Gasteiger charge is -2.49. The van der Waals surface area contributed by atoms with Gasteiger partial charge in [0.1, 0.15) is 0 Å². The van der Waals surface area contributed by atoms with Crippen LogP contribution in [0.1, 0.15) is 52.4 Å². The summed E-state index contributed by atoms with van der Waals surface area (Å²) in [7, 11) is 0. The maximum Gasteiger partial charge on any atom is 0.235 e. The summed E-state index contributed by atoms with van der Waals surface area (Å²) in [5.74, 6) is 0.0697. The minimum absolute atomic E-state index is 0.0337. The number of nitrogens with zero attached hydrogens (tertiary/aromatic N) is 1. The Kier molecular flexibility index (Phi) is 2.56. The Labute approximate surface area is 108 Å². The summed E-state index contributed by atoms with van der Waals surface area (Å²) in [6, 6.07) is 0.133. The molecule has 1 aliphatic carbocycles. The summed E-state index contributed by atoms with van der Waals surface area (Å²) in [6.07, 6.45) is 5.91. The van der Waals surface area contributed by atoms with E-state index in [1.165, 1.54) is 19.3 Å². The summed E-state index contributed by atoms with van der Waals surface area (Å²) >= 11 is 0. The zero-order valence-electron chi connectivity index (χ0n) is 11.3. The molecule has 4 heteroatoms. The lowest BCUT2D eigenvalue weighted by Crippen LogP contribution is -2.60. The maximum absolute atomic E-state index is 12.3. The molecule has 0 aromatic rings. The predicted octanol–water partition coefficient (Wildman–Crippen LogP) is 1.45. The molecule has 0 aromatic heterocycles. The van der Waals surface area contributed by atoms with Gasteiger partial charge in [-0.1, -0.05) is 13.8 Å². The van der Waals surface area contributed by atoms with E-state index in [1.807, 2.05) is 13.8 Å². The van der Waals surface area contributed by atoms with Crippen molar-refractivity contribution in [2.24, 2.45) is 5.41 Å². The SMILES string of the molecule is CC1(C)CC(=O)N(C2CCNC3(CCC3)C2)C1=O. The first-order valence-corrected chi connectivity index (χ1v) is 7.05. The molecule has 18 heavy (non-hydrogen) atoms. The van der Waals surface area contributed by atoms with Crippen LogP contribution in [-0.2, 0) is 9.59 Å². The van der Waals surface area contributed by atoms with Crippen LogP contribution in [0.25, 0.3) is 0 Å². The Morgan fingerprint density at radius 3 is 2.50 bits per heavy atom. The van der Waals surface area contributed by atoms with E-state index in [-0.39, 0.29) is 23.4 Å². The molecule has 3 aliphatic rings. The molecule has 1 unspecified atom stereocenters. The molecule has 2 heterocycles. The second-order valence-electron chi connectivity index (χ2n) is 6.84. The average Bonchev–Trinajstić information content (AvgIpc) is 2.46. The number of nitrogens with one attached hydrogen (secondary N) is 1. The second kappa shape index (κ2) is 3.80. The molecule has 2 amide bonds. The number of piperidine rings is 1. The van der Waals surface area contributed by atoms with Gasteiger partial charge in [0.2, 0.25) is 11.8 Å². The Hall–Kier alpha value is -0.900. The fourth-order valence-electron chi connectivity index (χ4n) is 3.68. The number of likely N-dealkylation sites (tertiary alicyclic amines) is 1. The zero-order chi connectivity index (χ0) is 13.0. The highest BCUT2D eigenvalue weighted by atomic mass is 16.2. The standard InChI is InChI=1S/C14H22N2O2/c1-13(2)9-11(17)16(12(13)18)10-4-7-15-14(8-10)5-3-6-14/h10,15H,3-9H2,1-2H3. The van der Waals surface area contributed by atoms with Crippen molar-refractivity contribution < 1.29 is 9.59 Å². The molecule has 1 spiro atoms. The lowest BCUT2D eigenvalue weighted by atomic mass is 9.70. The van der Waals surface area contributed by atoms with Gasteiger partial charge in [-0.15, -0.1) is 0 Å². The van der Waals surface area contributed by atoms with Crippen molar-refractivity contribution in [1.82, 2.24) is 10.2 Å². The molecule has 2 saturated heterocycles. The fraction of sp³-hybridized carbons (Fsp3) is 0.857. The molecule has 2 aliphatic heterocycles. The van der Waals surface area contributed by atoms with Crippen LogP contribution in [0.15, 0.2) is 0 Å². The van der Waals surface area contributed by atoms with Gasteiger partial charge in [-0.25, -0.2) is 0 Å². The van der Waals surface area contributed by atoms with Crippen LogP contribution in [0, 0.1) is 5.41 Å². The Morgan fingerprint density at radius 1 is 1.28 bits per heavy atom. The van der Waals surface area contributed by atoms with E-state index in [2.05, 4.69) is 5.32 Å². The molecule has 0 bridgehead atoms. The van der Waals surface area contributed by atoms with E-state index < -0.39 is 5.41 Å². The molecule has 4 nitrogen and oxygen atoms in total. The highest BCUT2D eigenvalue weighted by Gasteiger charge is 2.51. The summed E-state index contributed by atoms with van der Waals surface area (Å²) in [4.78, 5) is 26.0. The maximum atomic E-state index is 12.3. The summed E-state index contributed by atoms with van der Waals surface area (Å²) in [5.41, 5.74) is -0.259. The first-order valence-electron chi connectivity index (χ1n) is 7.05. The highest BCUT2D eigenvalue weighted by molar-refractivity contribution is 6.05. The van der Waals surface area contributed by atoms with Crippen LogP contribution in [0.5, 0.6) is 0 Å². The summed E-state index contributed by atoms with van der Waals surface area (Å²) < 4.78 is 0. The monoisotopic (exact) mass is 250 g/mol. The van der Waals surface area contributed by atoms with Gasteiger partial charge in [0.15, 0.2) is 0 Å². The van der Waals surface area contributed by atoms with Gasteiger partial charge >= 0.3 is 0 Å². The third kappa shape index (κ3) is 1.69.